The van der Waals surface area contributed by atoms with Crippen LogP contribution in [0.3, 0.4) is 0 Å². The number of rotatable bonds is 3. The van der Waals surface area contributed by atoms with Gasteiger partial charge in [-0.2, -0.15) is 8.42 Å². The van der Waals surface area contributed by atoms with Gasteiger partial charge in [-0.1, -0.05) is 36.4 Å². The third-order valence-electron chi connectivity index (χ3n) is 4.21. The van der Waals surface area contributed by atoms with Crippen molar-refractivity contribution in [2.24, 2.45) is 0 Å². The molecule has 0 amide bonds. The minimum Gasteiger partial charge on any atom is -0.354 e. The van der Waals surface area contributed by atoms with Crippen molar-refractivity contribution < 1.29 is 13.0 Å². The molecular formula is C20H16N2O3S. The van der Waals surface area contributed by atoms with Gasteiger partial charge in [0.2, 0.25) is 0 Å². The first kappa shape index (κ1) is 16.5. The second kappa shape index (κ2) is 6.09. The molecule has 1 aromatic heterocycles. The summed E-state index contributed by atoms with van der Waals surface area (Å²) in [6.07, 6.45) is 0. The van der Waals surface area contributed by atoms with Crippen LogP contribution in [0.5, 0.6) is 0 Å². The molecule has 130 valence electrons. The van der Waals surface area contributed by atoms with E-state index in [1.54, 1.807) is 6.92 Å². The second-order valence-corrected chi connectivity index (χ2v) is 7.58. The fourth-order valence-electron chi connectivity index (χ4n) is 3.09. The molecule has 26 heavy (non-hydrogen) atoms. The first-order valence-electron chi connectivity index (χ1n) is 8.05. The number of pyridine rings is 1. The maximum Gasteiger partial charge on any atom is 0.294 e. The Morgan fingerprint density at radius 2 is 1.46 bits per heavy atom. The molecule has 0 bridgehead atoms. The van der Waals surface area contributed by atoms with Crippen LogP contribution in [0.15, 0.2) is 71.6 Å². The minimum atomic E-state index is -4.28. The van der Waals surface area contributed by atoms with Crippen molar-refractivity contribution in [3.63, 3.8) is 0 Å². The molecule has 5 nitrogen and oxygen atoms in total. The number of nitrogens with zero attached hydrogens (tertiary/aromatic N) is 1. The normalized spacial score (nSPS) is 11.8. The van der Waals surface area contributed by atoms with Crippen LogP contribution < -0.4 is 5.32 Å². The van der Waals surface area contributed by atoms with Gasteiger partial charge in [0.15, 0.2) is 0 Å². The number of hydrogen-bond donors (Lipinski definition) is 2. The molecule has 4 aromatic rings. The molecule has 1 heterocycles. The highest BCUT2D eigenvalue weighted by Crippen LogP contribution is 2.33. The zero-order valence-corrected chi connectivity index (χ0v) is 14.8. The Morgan fingerprint density at radius 3 is 2.04 bits per heavy atom. The highest BCUT2D eigenvalue weighted by atomic mass is 32.2. The van der Waals surface area contributed by atoms with E-state index in [1.807, 2.05) is 54.6 Å². The van der Waals surface area contributed by atoms with E-state index in [2.05, 4.69) is 10.3 Å². The van der Waals surface area contributed by atoms with Gasteiger partial charge in [0.1, 0.15) is 0 Å². The van der Waals surface area contributed by atoms with Crippen LogP contribution in [0.25, 0.3) is 21.8 Å². The lowest BCUT2D eigenvalue weighted by Crippen LogP contribution is -2.01. The predicted octanol–water partition coefficient (Wildman–Crippen LogP) is 4.69. The molecule has 0 unspecified atom stereocenters. The van der Waals surface area contributed by atoms with Gasteiger partial charge < -0.3 is 5.32 Å². The molecule has 0 aliphatic carbocycles. The van der Waals surface area contributed by atoms with Gasteiger partial charge in [0, 0.05) is 16.5 Å². The van der Waals surface area contributed by atoms with Crippen LogP contribution in [0, 0.1) is 6.92 Å². The fraction of sp³-hybridized carbons (Fsp3) is 0.0500. The van der Waals surface area contributed by atoms with Crippen LogP contribution >= 0.6 is 0 Å². The first-order valence-corrected chi connectivity index (χ1v) is 9.49. The summed E-state index contributed by atoms with van der Waals surface area (Å²) < 4.78 is 32.4. The Hall–Kier alpha value is -2.96. The van der Waals surface area contributed by atoms with Crippen LogP contribution in [0.2, 0.25) is 0 Å². The summed E-state index contributed by atoms with van der Waals surface area (Å²) in [6.45, 7) is 1.78. The number of benzene rings is 3. The van der Waals surface area contributed by atoms with E-state index in [4.69, 9.17) is 0 Å². The summed E-state index contributed by atoms with van der Waals surface area (Å²) in [5.74, 6) is 0. The Morgan fingerprint density at radius 1 is 0.885 bits per heavy atom. The van der Waals surface area contributed by atoms with E-state index in [1.165, 1.54) is 12.1 Å². The number of aryl methyl sites for hydroxylation is 1. The lowest BCUT2D eigenvalue weighted by atomic mass is 10.1. The molecule has 3 aromatic carbocycles. The summed E-state index contributed by atoms with van der Waals surface area (Å²) in [4.78, 5) is 4.54. The molecule has 6 heteroatoms. The Labute approximate surface area is 151 Å². The molecule has 4 rings (SSSR count). The van der Waals surface area contributed by atoms with Gasteiger partial charge in [-0.25, -0.2) is 4.98 Å². The molecule has 0 radical (unpaired) electrons. The smallest absolute Gasteiger partial charge is 0.294 e. The number of anilines is 2. The number of para-hydroxylation sites is 2. The zero-order chi connectivity index (χ0) is 18.3. The van der Waals surface area contributed by atoms with Crippen molar-refractivity contribution in [2.75, 3.05) is 5.32 Å². The van der Waals surface area contributed by atoms with E-state index >= 15 is 0 Å². The highest BCUT2D eigenvalue weighted by Gasteiger charge is 2.13. The van der Waals surface area contributed by atoms with Crippen molar-refractivity contribution in [1.29, 1.82) is 0 Å². The number of nitrogens with one attached hydrogen (secondary N) is 1. The molecule has 0 saturated carbocycles. The maximum absolute atomic E-state index is 11.5. The summed E-state index contributed by atoms with van der Waals surface area (Å²) in [5, 5.41) is 5.19. The minimum absolute atomic E-state index is 0.136. The molecular weight excluding hydrogens is 348 g/mol. The third kappa shape index (κ3) is 3.00. The van der Waals surface area contributed by atoms with Crippen molar-refractivity contribution in [3.8, 4) is 0 Å². The number of aromatic nitrogens is 1. The topological polar surface area (TPSA) is 79.3 Å². The average Bonchev–Trinajstić information content (AvgIpc) is 2.60. The maximum atomic E-state index is 11.5. The quantitative estimate of drug-likeness (QED) is 0.407. The molecule has 2 N–H and O–H groups in total. The number of hydrogen-bond acceptors (Lipinski definition) is 4. The highest BCUT2D eigenvalue weighted by molar-refractivity contribution is 7.85. The van der Waals surface area contributed by atoms with E-state index < -0.39 is 10.1 Å². The van der Waals surface area contributed by atoms with E-state index in [9.17, 15) is 13.0 Å². The summed E-state index contributed by atoms with van der Waals surface area (Å²) in [7, 11) is -4.28. The molecule has 0 aliphatic heterocycles. The van der Waals surface area contributed by atoms with Crippen LogP contribution in [0.4, 0.5) is 11.4 Å². The van der Waals surface area contributed by atoms with Gasteiger partial charge in [0.05, 0.1) is 21.6 Å². The van der Waals surface area contributed by atoms with Gasteiger partial charge >= 0.3 is 0 Å². The monoisotopic (exact) mass is 364 g/mol. The lowest BCUT2D eigenvalue weighted by molar-refractivity contribution is 0.483. The van der Waals surface area contributed by atoms with E-state index in [-0.39, 0.29) is 4.90 Å². The van der Waals surface area contributed by atoms with E-state index in [0.717, 1.165) is 33.1 Å². The van der Waals surface area contributed by atoms with Crippen molar-refractivity contribution in [3.05, 3.63) is 72.3 Å². The van der Waals surface area contributed by atoms with Gasteiger partial charge in [0.25, 0.3) is 10.1 Å². The number of fused-ring (bicyclic) bond motifs is 2. The van der Waals surface area contributed by atoms with Crippen LogP contribution in [0.1, 0.15) is 5.56 Å². The second-order valence-electron chi connectivity index (χ2n) is 6.16. The summed E-state index contributed by atoms with van der Waals surface area (Å²) in [5.41, 5.74) is 3.84. The van der Waals surface area contributed by atoms with Crippen molar-refractivity contribution in [1.82, 2.24) is 4.98 Å². The predicted molar refractivity (Wildman–Crippen MR) is 104 cm³/mol. The Bertz CT molecular complexity index is 1200. The first-order chi connectivity index (χ1) is 12.4. The van der Waals surface area contributed by atoms with Crippen molar-refractivity contribution >= 4 is 43.3 Å². The largest absolute Gasteiger partial charge is 0.354 e. The van der Waals surface area contributed by atoms with E-state index in [0.29, 0.717) is 5.69 Å². The summed E-state index contributed by atoms with van der Waals surface area (Å²) in [6, 6.07) is 20.2. The van der Waals surface area contributed by atoms with Gasteiger partial charge in [-0.3, -0.25) is 4.55 Å². The average molecular weight is 364 g/mol. The zero-order valence-electron chi connectivity index (χ0n) is 14.0. The third-order valence-corrected chi connectivity index (χ3v) is 5.04. The summed E-state index contributed by atoms with van der Waals surface area (Å²) >= 11 is 0. The van der Waals surface area contributed by atoms with Crippen LogP contribution in [-0.4, -0.2) is 18.0 Å². The SMILES string of the molecule is Cc1cc(Nc2c3ccccc3nc3ccccc23)cc(S(=O)(=O)O)c1. The molecule has 0 fully saturated rings. The molecule has 0 atom stereocenters. The van der Waals surface area contributed by atoms with Gasteiger partial charge in [-0.05, 0) is 42.8 Å². The standard InChI is InChI=1S/C20H16N2O3S/c1-13-10-14(12-15(11-13)26(23,24)25)21-20-16-6-2-4-8-18(16)22-19-9-5-3-7-17(19)20/h2-12H,1H3,(H,21,22)(H,23,24,25). The Kier molecular flexibility index (Phi) is 3.86. The van der Waals surface area contributed by atoms with Crippen LogP contribution in [-0.2, 0) is 10.1 Å². The fourth-order valence-corrected chi connectivity index (χ4v) is 3.70. The molecule has 0 aliphatic rings. The molecule has 0 spiro atoms. The van der Waals surface area contributed by atoms with Crippen molar-refractivity contribution in [2.45, 2.75) is 11.8 Å². The lowest BCUT2D eigenvalue weighted by Gasteiger charge is -2.14. The molecule has 0 saturated heterocycles. The van der Waals surface area contributed by atoms with Gasteiger partial charge in [-0.15, -0.1) is 0 Å². The Balaban J connectivity index is 1.96.